The maximum atomic E-state index is 11.4. The van der Waals surface area contributed by atoms with Gasteiger partial charge in [0.25, 0.3) is 0 Å². The van der Waals surface area contributed by atoms with Crippen molar-refractivity contribution in [1.82, 2.24) is 10.6 Å². The van der Waals surface area contributed by atoms with E-state index in [1.807, 2.05) is 12.1 Å². The van der Waals surface area contributed by atoms with Gasteiger partial charge in [0.2, 0.25) is 11.8 Å². The molecule has 1 rings (SSSR count). The van der Waals surface area contributed by atoms with Gasteiger partial charge in [0, 0.05) is 19.5 Å². The molecule has 6 heteroatoms. The molecular weight excluding hydrogens is 290 g/mol. The highest BCUT2D eigenvalue weighted by atomic mass is 35.5. The van der Waals surface area contributed by atoms with E-state index in [0.717, 1.165) is 5.56 Å². The average molecular weight is 314 g/mol. The minimum atomic E-state index is -0.252. The van der Waals surface area contributed by atoms with E-state index in [0.29, 0.717) is 12.5 Å². The Kier molecular flexibility index (Phi) is 8.66. The fraction of sp³-hybridized carbons (Fsp3) is 0.467. The molecule has 0 saturated carbocycles. The molecule has 1 aromatic rings. The number of hydrogen-bond donors (Lipinski definition) is 3. The SMILES string of the molecule is CC(=O)NCC(=O)NCC(N)c1ccc(C(C)C)cc1.Cl. The van der Waals surface area contributed by atoms with Crippen LogP contribution in [0.2, 0.25) is 0 Å². The minimum Gasteiger partial charge on any atom is -0.353 e. The van der Waals surface area contributed by atoms with Gasteiger partial charge in [-0.2, -0.15) is 0 Å². The Hall–Kier alpha value is -1.59. The second kappa shape index (κ2) is 9.37. The van der Waals surface area contributed by atoms with E-state index in [1.165, 1.54) is 12.5 Å². The number of benzene rings is 1. The summed E-state index contributed by atoms with van der Waals surface area (Å²) < 4.78 is 0. The van der Waals surface area contributed by atoms with Crippen LogP contribution in [0.25, 0.3) is 0 Å². The van der Waals surface area contributed by atoms with E-state index in [9.17, 15) is 9.59 Å². The van der Waals surface area contributed by atoms with E-state index in [1.54, 1.807) is 0 Å². The lowest BCUT2D eigenvalue weighted by atomic mass is 9.99. The zero-order valence-corrected chi connectivity index (χ0v) is 13.5. The van der Waals surface area contributed by atoms with Gasteiger partial charge in [-0.05, 0) is 17.0 Å². The normalized spacial score (nSPS) is 11.5. The Balaban J connectivity index is 0.00000400. The maximum Gasteiger partial charge on any atom is 0.239 e. The molecule has 0 aliphatic heterocycles. The van der Waals surface area contributed by atoms with E-state index in [4.69, 9.17) is 5.73 Å². The van der Waals surface area contributed by atoms with E-state index in [-0.39, 0.29) is 36.8 Å². The summed E-state index contributed by atoms with van der Waals surface area (Å²) in [5, 5.41) is 5.13. The molecule has 1 atom stereocenters. The van der Waals surface area contributed by atoms with Gasteiger partial charge < -0.3 is 16.4 Å². The van der Waals surface area contributed by atoms with Crippen LogP contribution in [0.5, 0.6) is 0 Å². The van der Waals surface area contributed by atoms with Crippen molar-refractivity contribution in [2.75, 3.05) is 13.1 Å². The van der Waals surface area contributed by atoms with Gasteiger partial charge in [-0.3, -0.25) is 9.59 Å². The summed E-state index contributed by atoms with van der Waals surface area (Å²) >= 11 is 0. The fourth-order valence-electron chi connectivity index (χ4n) is 1.74. The third-order valence-corrected chi connectivity index (χ3v) is 3.05. The molecule has 4 N–H and O–H groups in total. The summed E-state index contributed by atoms with van der Waals surface area (Å²) in [6.45, 7) is 5.97. The van der Waals surface area contributed by atoms with Crippen LogP contribution in [-0.2, 0) is 9.59 Å². The highest BCUT2D eigenvalue weighted by Crippen LogP contribution is 2.17. The first-order valence-electron chi connectivity index (χ1n) is 6.76. The largest absolute Gasteiger partial charge is 0.353 e. The summed E-state index contributed by atoms with van der Waals surface area (Å²) in [5.74, 6) is 0.0146. The zero-order chi connectivity index (χ0) is 15.1. The Bertz CT molecular complexity index is 460. The quantitative estimate of drug-likeness (QED) is 0.744. The first-order valence-corrected chi connectivity index (χ1v) is 6.76. The van der Waals surface area contributed by atoms with Crippen LogP contribution in [0.3, 0.4) is 0 Å². The summed E-state index contributed by atoms with van der Waals surface area (Å²) in [7, 11) is 0. The van der Waals surface area contributed by atoms with Crippen molar-refractivity contribution in [3.8, 4) is 0 Å². The molecule has 0 saturated heterocycles. The van der Waals surface area contributed by atoms with Crippen molar-refractivity contribution in [2.24, 2.45) is 5.73 Å². The Labute approximate surface area is 132 Å². The monoisotopic (exact) mass is 313 g/mol. The van der Waals surface area contributed by atoms with E-state index >= 15 is 0 Å². The van der Waals surface area contributed by atoms with E-state index in [2.05, 4.69) is 36.6 Å². The number of rotatable bonds is 6. The van der Waals surface area contributed by atoms with E-state index < -0.39 is 0 Å². The number of carbonyl (C=O) groups excluding carboxylic acids is 2. The molecule has 1 aromatic carbocycles. The van der Waals surface area contributed by atoms with Crippen molar-refractivity contribution in [3.05, 3.63) is 35.4 Å². The summed E-state index contributed by atoms with van der Waals surface area (Å²) in [6, 6.07) is 7.83. The van der Waals surface area contributed by atoms with Gasteiger partial charge in [0.05, 0.1) is 6.54 Å². The predicted molar refractivity (Wildman–Crippen MR) is 86.4 cm³/mol. The van der Waals surface area contributed by atoms with Crippen molar-refractivity contribution < 1.29 is 9.59 Å². The molecule has 0 aliphatic rings. The number of hydrogen-bond acceptors (Lipinski definition) is 3. The maximum absolute atomic E-state index is 11.4. The summed E-state index contributed by atoms with van der Waals surface area (Å²) in [4.78, 5) is 22.1. The van der Waals surface area contributed by atoms with Crippen LogP contribution < -0.4 is 16.4 Å². The molecule has 5 nitrogen and oxygen atoms in total. The van der Waals surface area contributed by atoms with Crippen LogP contribution in [0, 0.1) is 0 Å². The second-order valence-electron chi connectivity index (χ2n) is 5.14. The molecule has 21 heavy (non-hydrogen) atoms. The highest BCUT2D eigenvalue weighted by molar-refractivity contribution is 5.85. The van der Waals surface area contributed by atoms with Crippen molar-refractivity contribution >= 4 is 24.2 Å². The third-order valence-electron chi connectivity index (χ3n) is 3.05. The Morgan fingerprint density at radius 3 is 2.10 bits per heavy atom. The van der Waals surface area contributed by atoms with Gasteiger partial charge in [-0.15, -0.1) is 12.4 Å². The first-order chi connectivity index (χ1) is 9.40. The molecule has 0 fully saturated rings. The smallest absolute Gasteiger partial charge is 0.239 e. The van der Waals surface area contributed by atoms with Crippen LogP contribution in [0.4, 0.5) is 0 Å². The number of amides is 2. The van der Waals surface area contributed by atoms with Crippen molar-refractivity contribution in [3.63, 3.8) is 0 Å². The highest BCUT2D eigenvalue weighted by Gasteiger charge is 2.09. The van der Waals surface area contributed by atoms with Crippen molar-refractivity contribution in [1.29, 1.82) is 0 Å². The number of nitrogens with two attached hydrogens (primary N) is 1. The molecule has 0 bridgehead atoms. The average Bonchev–Trinajstić information content (AvgIpc) is 2.42. The second-order valence-corrected chi connectivity index (χ2v) is 5.14. The fourth-order valence-corrected chi connectivity index (χ4v) is 1.74. The molecule has 118 valence electrons. The standard InChI is InChI=1S/C15H23N3O2.ClH/c1-10(2)12-4-6-13(7-5-12)14(16)8-18-15(20)9-17-11(3)19;/h4-7,10,14H,8-9,16H2,1-3H3,(H,17,19)(H,18,20);1H. The molecule has 0 radical (unpaired) electrons. The molecule has 0 spiro atoms. The number of halogens is 1. The molecule has 0 aromatic heterocycles. The first kappa shape index (κ1) is 19.4. The lowest BCUT2D eigenvalue weighted by Crippen LogP contribution is -2.39. The lowest BCUT2D eigenvalue weighted by molar-refractivity contribution is -0.125. The lowest BCUT2D eigenvalue weighted by Gasteiger charge is -2.14. The minimum absolute atomic E-state index is 0. The number of carbonyl (C=O) groups is 2. The predicted octanol–water partition coefficient (Wildman–Crippen LogP) is 1.48. The Morgan fingerprint density at radius 2 is 1.62 bits per heavy atom. The summed E-state index contributed by atoms with van der Waals surface area (Å²) in [6.07, 6.45) is 0. The molecule has 0 aliphatic carbocycles. The molecule has 0 heterocycles. The van der Waals surface area contributed by atoms with Crippen LogP contribution in [-0.4, -0.2) is 24.9 Å². The van der Waals surface area contributed by atoms with Gasteiger partial charge in [0.15, 0.2) is 0 Å². The van der Waals surface area contributed by atoms with Crippen LogP contribution >= 0.6 is 12.4 Å². The van der Waals surface area contributed by atoms with Gasteiger partial charge in [-0.25, -0.2) is 0 Å². The van der Waals surface area contributed by atoms with Crippen molar-refractivity contribution in [2.45, 2.75) is 32.7 Å². The molecular formula is C15H24ClN3O2. The van der Waals surface area contributed by atoms with Crippen LogP contribution in [0.15, 0.2) is 24.3 Å². The van der Waals surface area contributed by atoms with Gasteiger partial charge in [0.1, 0.15) is 0 Å². The number of nitrogens with one attached hydrogen (secondary N) is 2. The van der Waals surface area contributed by atoms with Gasteiger partial charge in [-0.1, -0.05) is 38.1 Å². The summed E-state index contributed by atoms with van der Waals surface area (Å²) in [5.41, 5.74) is 8.26. The third kappa shape index (κ3) is 7.11. The Morgan fingerprint density at radius 1 is 1.10 bits per heavy atom. The zero-order valence-electron chi connectivity index (χ0n) is 12.7. The van der Waals surface area contributed by atoms with Gasteiger partial charge >= 0.3 is 0 Å². The molecule has 1 unspecified atom stereocenters. The van der Waals surface area contributed by atoms with Crippen LogP contribution in [0.1, 0.15) is 43.9 Å². The topological polar surface area (TPSA) is 84.2 Å². The molecule has 2 amide bonds.